The number of aliphatic hydroxyl groups excluding tert-OH is 1. The second kappa shape index (κ2) is 5.44. The lowest BCUT2D eigenvalue weighted by Crippen LogP contribution is -2.25. The highest BCUT2D eigenvalue weighted by Gasteiger charge is 2.08. The summed E-state index contributed by atoms with van der Waals surface area (Å²) in [6, 6.07) is 0. The van der Waals surface area contributed by atoms with Gasteiger partial charge in [0.25, 0.3) is 0 Å². The fourth-order valence-corrected chi connectivity index (χ4v) is 2.39. The molecule has 0 spiro atoms. The minimum absolute atomic E-state index is 0.227. The Hall–Kier alpha value is -0.450. The van der Waals surface area contributed by atoms with Crippen molar-refractivity contribution >= 4 is 11.3 Å². The maximum Gasteiger partial charge on any atom is 0.0900 e. The molecule has 1 aromatic rings. The molecule has 3 nitrogen and oxygen atoms in total. The van der Waals surface area contributed by atoms with E-state index in [1.165, 1.54) is 4.88 Å². The number of nitrogens with zero attached hydrogens (tertiary/aromatic N) is 2. The summed E-state index contributed by atoms with van der Waals surface area (Å²) < 4.78 is 0. The highest BCUT2D eigenvalue weighted by Crippen LogP contribution is 2.18. The topological polar surface area (TPSA) is 36.4 Å². The van der Waals surface area contributed by atoms with Gasteiger partial charge in [-0.1, -0.05) is 6.92 Å². The Balaban J connectivity index is 2.61. The lowest BCUT2D eigenvalue weighted by molar-refractivity contribution is 0.197. The van der Waals surface area contributed by atoms with Crippen molar-refractivity contribution in [3.63, 3.8) is 0 Å². The molecule has 1 rings (SSSR count). The van der Waals surface area contributed by atoms with Crippen LogP contribution in [0.1, 0.15) is 22.5 Å². The summed E-state index contributed by atoms with van der Waals surface area (Å²) in [6.07, 6.45) is 0. The molecule has 0 unspecified atom stereocenters. The first-order chi connectivity index (χ1) is 6.67. The van der Waals surface area contributed by atoms with Crippen LogP contribution >= 0.6 is 11.3 Å². The van der Waals surface area contributed by atoms with Crippen LogP contribution in [0.3, 0.4) is 0 Å². The molecule has 0 saturated carbocycles. The summed E-state index contributed by atoms with van der Waals surface area (Å²) in [5.41, 5.74) is 1.13. The standard InChI is InChI=1S/C10H18N2OS/c1-4-12(5-6-13)7-10-8(2)11-9(3)14-10/h13H,4-7H2,1-3H3. The van der Waals surface area contributed by atoms with Crippen molar-refractivity contribution in [3.8, 4) is 0 Å². The summed E-state index contributed by atoms with van der Waals surface area (Å²) in [5.74, 6) is 0. The number of thiazole rings is 1. The van der Waals surface area contributed by atoms with Crippen molar-refractivity contribution in [3.05, 3.63) is 15.6 Å². The molecular formula is C10H18N2OS. The molecule has 1 N–H and O–H groups in total. The van der Waals surface area contributed by atoms with E-state index in [2.05, 4.69) is 16.8 Å². The summed E-state index contributed by atoms with van der Waals surface area (Å²) in [5, 5.41) is 9.99. The van der Waals surface area contributed by atoms with Gasteiger partial charge in [-0.2, -0.15) is 0 Å². The van der Waals surface area contributed by atoms with Crippen LogP contribution in [0.4, 0.5) is 0 Å². The Morgan fingerprint density at radius 1 is 1.43 bits per heavy atom. The zero-order valence-electron chi connectivity index (χ0n) is 9.08. The van der Waals surface area contributed by atoms with Crippen LogP contribution in [0.25, 0.3) is 0 Å². The van der Waals surface area contributed by atoms with E-state index in [0.29, 0.717) is 0 Å². The lowest BCUT2D eigenvalue weighted by Gasteiger charge is -2.17. The lowest BCUT2D eigenvalue weighted by atomic mass is 10.3. The van der Waals surface area contributed by atoms with Crippen LogP contribution in [-0.2, 0) is 6.54 Å². The maximum absolute atomic E-state index is 8.87. The molecule has 0 radical (unpaired) electrons. The highest BCUT2D eigenvalue weighted by atomic mass is 32.1. The molecule has 0 amide bonds. The molecule has 4 heteroatoms. The molecule has 1 aromatic heterocycles. The molecule has 0 bridgehead atoms. The van der Waals surface area contributed by atoms with Gasteiger partial charge in [0, 0.05) is 18.0 Å². The van der Waals surface area contributed by atoms with Gasteiger partial charge in [-0.25, -0.2) is 4.98 Å². The Morgan fingerprint density at radius 2 is 2.14 bits per heavy atom. The van der Waals surface area contributed by atoms with Gasteiger partial charge in [0.2, 0.25) is 0 Å². The first kappa shape index (κ1) is 11.6. The minimum Gasteiger partial charge on any atom is -0.395 e. The average Bonchev–Trinajstić information content (AvgIpc) is 2.44. The van der Waals surface area contributed by atoms with Crippen molar-refractivity contribution in [1.29, 1.82) is 0 Å². The van der Waals surface area contributed by atoms with Gasteiger partial charge in [0.05, 0.1) is 17.3 Å². The SMILES string of the molecule is CCN(CCO)Cc1sc(C)nc1C. The fourth-order valence-electron chi connectivity index (χ4n) is 1.41. The van der Waals surface area contributed by atoms with Gasteiger partial charge in [-0.15, -0.1) is 11.3 Å². The number of likely N-dealkylation sites (N-methyl/N-ethyl adjacent to an activating group) is 1. The molecule has 0 aromatic carbocycles. The number of aromatic nitrogens is 1. The van der Waals surface area contributed by atoms with Gasteiger partial charge in [-0.3, -0.25) is 4.90 Å². The molecule has 80 valence electrons. The molecule has 14 heavy (non-hydrogen) atoms. The van der Waals surface area contributed by atoms with Crippen LogP contribution in [0, 0.1) is 13.8 Å². The van der Waals surface area contributed by atoms with Crippen LogP contribution in [0.5, 0.6) is 0 Å². The van der Waals surface area contributed by atoms with Crippen molar-refractivity contribution in [2.24, 2.45) is 0 Å². The average molecular weight is 214 g/mol. The monoisotopic (exact) mass is 214 g/mol. The molecular weight excluding hydrogens is 196 g/mol. The molecule has 0 aliphatic heterocycles. The van der Waals surface area contributed by atoms with Crippen LogP contribution < -0.4 is 0 Å². The van der Waals surface area contributed by atoms with E-state index in [1.807, 2.05) is 13.8 Å². The van der Waals surface area contributed by atoms with E-state index in [0.717, 1.165) is 30.3 Å². The maximum atomic E-state index is 8.87. The first-order valence-electron chi connectivity index (χ1n) is 4.93. The second-order valence-corrected chi connectivity index (χ2v) is 4.62. The molecule has 0 aliphatic carbocycles. The van der Waals surface area contributed by atoms with E-state index < -0.39 is 0 Å². The smallest absolute Gasteiger partial charge is 0.0900 e. The van der Waals surface area contributed by atoms with Crippen LogP contribution in [0.2, 0.25) is 0 Å². The number of aliphatic hydroxyl groups is 1. The molecule has 0 fully saturated rings. The van der Waals surface area contributed by atoms with E-state index in [1.54, 1.807) is 11.3 Å². The van der Waals surface area contributed by atoms with Gasteiger partial charge < -0.3 is 5.11 Å². The van der Waals surface area contributed by atoms with Crippen LogP contribution in [-0.4, -0.2) is 34.7 Å². The largest absolute Gasteiger partial charge is 0.395 e. The molecule has 0 atom stereocenters. The number of aryl methyl sites for hydroxylation is 2. The Morgan fingerprint density at radius 3 is 2.57 bits per heavy atom. The first-order valence-corrected chi connectivity index (χ1v) is 5.75. The zero-order valence-corrected chi connectivity index (χ0v) is 9.89. The Bertz CT molecular complexity index is 286. The Labute approximate surface area is 89.4 Å². The molecule has 1 heterocycles. The third kappa shape index (κ3) is 3.04. The van der Waals surface area contributed by atoms with Crippen LogP contribution in [0.15, 0.2) is 0 Å². The van der Waals surface area contributed by atoms with Gasteiger partial charge >= 0.3 is 0 Å². The summed E-state index contributed by atoms with van der Waals surface area (Å²) in [4.78, 5) is 7.93. The predicted molar refractivity (Wildman–Crippen MR) is 59.6 cm³/mol. The normalized spacial score (nSPS) is 11.2. The van der Waals surface area contributed by atoms with Gasteiger partial charge in [-0.05, 0) is 20.4 Å². The Kier molecular flexibility index (Phi) is 4.51. The summed E-state index contributed by atoms with van der Waals surface area (Å²) in [6.45, 7) is 9.04. The third-order valence-electron chi connectivity index (χ3n) is 2.23. The zero-order chi connectivity index (χ0) is 10.6. The molecule has 0 aliphatic rings. The van der Waals surface area contributed by atoms with Gasteiger partial charge in [0.15, 0.2) is 0 Å². The number of hydrogen-bond acceptors (Lipinski definition) is 4. The summed E-state index contributed by atoms with van der Waals surface area (Å²) >= 11 is 1.75. The number of hydrogen-bond donors (Lipinski definition) is 1. The van der Waals surface area contributed by atoms with E-state index >= 15 is 0 Å². The van der Waals surface area contributed by atoms with Crippen molar-refractivity contribution in [2.75, 3.05) is 19.7 Å². The fraction of sp³-hybridized carbons (Fsp3) is 0.700. The van der Waals surface area contributed by atoms with E-state index in [9.17, 15) is 0 Å². The third-order valence-corrected chi connectivity index (χ3v) is 3.29. The van der Waals surface area contributed by atoms with Crippen molar-refractivity contribution < 1.29 is 5.11 Å². The van der Waals surface area contributed by atoms with E-state index in [4.69, 9.17) is 5.11 Å². The molecule has 0 saturated heterocycles. The summed E-state index contributed by atoms with van der Waals surface area (Å²) in [7, 11) is 0. The second-order valence-electron chi connectivity index (χ2n) is 3.33. The number of rotatable bonds is 5. The predicted octanol–water partition coefficient (Wildman–Crippen LogP) is 1.57. The highest BCUT2D eigenvalue weighted by molar-refractivity contribution is 7.11. The minimum atomic E-state index is 0.227. The van der Waals surface area contributed by atoms with E-state index in [-0.39, 0.29) is 6.61 Å². The van der Waals surface area contributed by atoms with Crippen molar-refractivity contribution in [1.82, 2.24) is 9.88 Å². The quantitative estimate of drug-likeness (QED) is 0.808. The van der Waals surface area contributed by atoms with Crippen molar-refractivity contribution in [2.45, 2.75) is 27.3 Å². The van der Waals surface area contributed by atoms with Gasteiger partial charge in [0.1, 0.15) is 0 Å².